The lowest BCUT2D eigenvalue weighted by atomic mass is 10.3. The first-order valence-electron chi connectivity index (χ1n) is 4.43. The second-order valence-corrected chi connectivity index (χ2v) is 3.47. The van der Waals surface area contributed by atoms with Crippen molar-refractivity contribution < 1.29 is 4.74 Å². The minimum absolute atomic E-state index is 0.178. The Labute approximate surface area is 95.8 Å². The molecule has 0 fully saturated rings. The van der Waals surface area contributed by atoms with Crippen LogP contribution in [-0.2, 0) is 0 Å². The van der Waals surface area contributed by atoms with Crippen LogP contribution in [0.3, 0.4) is 0 Å². The summed E-state index contributed by atoms with van der Waals surface area (Å²) in [5, 5.41) is 0.517. The number of ether oxygens (including phenoxy) is 1. The average Bonchev–Trinajstić information content (AvgIpc) is 2.22. The highest BCUT2D eigenvalue weighted by Crippen LogP contribution is 2.27. The SMILES string of the molecule is Nc1cc(Cl)ccc1Oc1cc(=O)[nH]cn1. The molecule has 0 saturated heterocycles. The van der Waals surface area contributed by atoms with Crippen molar-refractivity contribution >= 4 is 17.3 Å². The van der Waals surface area contributed by atoms with Crippen molar-refractivity contribution in [2.45, 2.75) is 0 Å². The summed E-state index contributed by atoms with van der Waals surface area (Å²) in [5.74, 6) is 0.584. The van der Waals surface area contributed by atoms with Gasteiger partial charge in [0.05, 0.1) is 18.1 Å². The van der Waals surface area contributed by atoms with Gasteiger partial charge in [0.2, 0.25) is 5.88 Å². The molecule has 0 atom stereocenters. The predicted molar refractivity (Wildman–Crippen MR) is 60.8 cm³/mol. The van der Waals surface area contributed by atoms with E-state index in [1.54, 1.807) is 18.2 Å². The van der Waals surface area contributed by atoms with Gasteiger partial charge >= 0.3 is 0 Å². The largest absolute Gasteiger partial charge is 0.437 e. The van der Waals surface area contributed by atoms with Crippen LogP contribution in [-0.4, -0.2) is 9.97 Å². The number of nitrogen functional groups attached to an aromatic ring is 1. The van der Waals surface area contributed by atoms with E-state index in [9.17, 15) is 4.79 Å². The van der Waals surface area contributed by atoms with Crippen LogP contribution in [0.5, 0.6) is 11.6 Å². The number of nitrogens with two attached hydrogens (primary N) is 1. The summed E-state index contributed by atoms with van der Waals surface area (Å²) in [4.78, 5) is 17.2. The Balaban J connectivity index is 2.30. The van der Waals surface area contributed by atoms with Crippen LogP contribution >= 0.6 is 11.6 Å². The number of halogens is 1. The Hall–Kier alpha value is -2.01. The van der Waals surface area contributed by atoms with Crippen molar-refractivity contribution in [2.75, 3.05) is 5.73 Å². The number of anilines is 1. The Morgan fingerprint density at radius 1 is 1.38 bits per heavy atom. The third-order valence-corrected chi connectivity index (χ3v) is 2.07. The molecule has 0 saturated carbocycles. The fraction of sp³-hybridized carbons (Fsp3) is 0. The van der Waals surface area contributed by atoms with E-state index in [-0.39, 0.29) is 11.4 Å². The average molecular weight is 238 g/mol. The molecular formula is C10H8ClN3O2. The minimum Gasteiger partial charge on any atom is -0.437 e. The van der Waals surface area contributed by atoms with Gasteiger partial charge in [-0.25, -0.2) is 4.98 Å². The van der Waals surface area contributed by atoms with Crippen LogP contribution in [0, 0.1) is 0 Å². The lowest BCUT2D eigenvalue weighted by Gasteiger charge is -2.06. The molecule has 0 bridgehead atoms. The normalized spacial score (nSPS) is 10.1. The molecule has 0 aliphatic carbocycles. The van der Waals surface area contributed by atoms with Gasteiger partial charge in [0.25, 0.3) is 5.56 Å². The molecule has 5 nitrogen and oxygen atoms in total. The number of aromatic nitrogens is 2. The molecule has 2 rings (SSSR count). The number of nitrogens with one attached hydrogen (secondary N) is 1. The Bertz CT molecular complexity index is 568. The molecular weight excluding hydrogens is 230 g/mol. The number of benzene rings is 1. The van der Waals surface area contributed by atoms with Crippen molar-refractivity contribution in [3.63, 3.8) is 0 Å². The van der Waals surface area contributed by atoms with Crippen molar-refractivity contribution in [2.24, 2.45) is 0 Å². The van der Waals surface area contributed by atoms with E-state index in [2.05, 4.69) is 9.97 Å². The van der Waals surface area contributed by atoms with E-state index in [1.807, 2.05) is 0 Å². The summed E-state index contributed by atoms with van der Waals surface area (Å²) >= 11 is 5.74. The van der Waals surface area contributed by atoms with Gasteiger partial charge in [-0.3, -0.25) is 4.79 Å². The summed E-state index contributed by atoms with van der Waals surface area (Å²) in [5.41, 5.74) is 5.77. The van der Waals surface area contributed by atoms with Crippen molar-refractivity contribution in [1.29, 1.82) is 0 Å². The number of rotatable bonds is 2. The molecule has 82 valence electrons. The van der Waals surface area contributed by atoms with E-state index in [0.717, 1.165) is 0 Å². The van der Waals surface area contributed by atoms with Crippen LogP contribution in [0.2, 0.25) is 5.02 Å². The fourth-order valence-electron chi connectivity index (χ4n) is 1.13. The van der Waals surface area contributed by atoms with Crippen LogP contribution in [0.15, 0.2) is 35.4 Å². The third kappa shape index (κ3) is 2.32. The van der Waals surface area contributed by atoms with E-state index >= 15 is 0 Å². The van der Waals surface area contributed by atoms with Crippen molar-refractivity contribution in [3.8, 4) is 11.6 Å². The summed E-state index contributed by atoms with van der Waals surface area (Å²) in [7, 11) is 0. The molecule has 1 heterocycles. The summed E-state index contributed by atoms with van der Waals surface area (Å²) < 4.78 is 5.33. The van der Waals surface area contributed by atoms with E-state index in [4.69, 9.17) is 22.1 Å². The zero-order valence-electron chi connectivity index (χ0n) is 8.11. The highest BCUT2D eigenvalue weighted by molar-refractivity contribution is 6.30. The Morgan fingerprint density at radius 3 is 2.88 bits per heavy atom. The first-order valence-corrected chi connectivity index (χ1v) is 4.80. The molecule has 0 aliphatic rings. The predicted octanol–water partition coefficient (Wildman–Crippen LogP) is 1.80. The first-order chi connectivity index (χ1) is 7.65. The van der Waals surface area contributed by atoms with Crippen LogP contribution in [0.4, 0.5) is 5.69 Å². The molecule has 0 unspecified atom stereocenters. The van der Waals surface area contributed by atoms with Gasteiger partial charge in [0.1, 0.15) is 0 Å². The number of hydrogen-bond acceptors (Lipinski definition) is 4. The monoisotopic (exact) mass is 237 g/mol. The van der Waals surface area contributed by atoms with Gasteiger partial charge in [0, 0.05) is 5.02 Å². The summed E-state index contributed by atoms with van der Waals surface area (Å²) in [6, 6.07) is 6.04. The third-order valence-electron chi connectivity index (χ3n) is 1.84. The lowest BCUT2D eigenvalue weighted by molar-refractivity contribution is 0.463. The topological polar surface area (TPSA) is 81.0 Å². The highest BCUT2D eigenvalue weighted by Gasteiger charge is 2.03. The second-order valence-electron chi connectivity index (χ2n) is 3.03. The van der Waals surface area contributed by atoms with Gasteiger partial charge in [-0.1, -0.05) is 11.6 Å². The standard InChI is InChI=1S/C10H8ClN3O2/c11-6-1-2-8(7(12)3-6)16-10-4-9(15)13-5-14-10/h1-5H,12H2,(H,13,14,15). The highest BCUT2D eigenvalue weighted by atomic mass is 35.5. The molecule has 16 heavy (non-hydrogen) atoms. The molecule has 1 aromatic carbocycles. The fourth-order valence-corrected chi connectivity index (χ4v) is 1.31. The molecule has 6 heteroatoms. The van der Waals surface area contributed by atoms with Gasteiger partial charge in [-0.2, -0.15) is 0 Å². The molecule has 0 amide bonds. The second kappa shape index (κ2) is 4.24. The number of nitrogens with zero attached hydrogens (tertiary/aromatic N) is 1. The number of H-pyrrole nitrogens is 1. The maximum Gasteiger partial charge on any atom is 0.254 e. The van der Waals surface area contributed by atoms with Gasteiger partial charge in [0.15, 0.2) is 5.75 Å². The molecule has 2 aromatic rings. The molecule has 1 aromatic heterocycles. The number of hydrogen-bond donors (Lipinski definition) is 2. The van der Waals surface area contributed by atoms with Crippen molar-refractivity contribution in [1.82, 2.24) is 9.97 Å². The van der Waals surface area contributed by atoms with Gasteiger partial charge in [-0.05, 0) is 18.2 Å². The van der Waals surface area contributed by atoms with E-state index in [1.165, 1.54) is 12.4 Å². The van der Waals surface area contributed by atoms with E-state index < -0.39 is 0 Å². The first kappa shape index (κ1) is 10.5. The molecule has 0 aliphatic heterocycles. The lowest BCUT2D eigenvalue weighted by Crippen LogP contribution is -2.04. The minimum atomic E-state index is -0.294. The van der Waals surface area contributed by atoms with Crippen LogP contribution in [0.1, 0.15) is 0 Å². The number of aromatic amines is 1. The quantitative estimate of drug-likeness (QED) is 0.781. The maximum absolute atomic E-state index is 11.0. The van der Waals surface area contributed by atoms with Crippen LogP contribution < -0.4 is 16.0 Å². The zero-order chi connectivity index (χ0) is 11.5. The van der Waals surface area contributed by atoms with Crippen molar-refractivity contribution in [3.05, 3.63) is 46.0 Å². The maximum atomic E-state index is 11.0. The smallest absolute Gasteiger partial charge is 0.254 e. The molecule has 3 N–H and O–H groups in total. The summed E-state index contributed by atoms with van der Waals surface area (Å²) in [6.45, 7) is 0. The molecule has 0 spiro atoms. The Morgan fingerprint density at radius 2 is 2.19 bits per heavy atom. The summed E-state index contributed by atoms with van der Waals surface area (Å²) in [6.07, 6.45) is 1.25. The Kier molecular flexibility index (Phi) is 2.78. The molecule has 0 radical (unpaired) electrons. The zero-order valence-corrected chi connectivity index (χ0v) is 8.86. The van der Waals surface area contributed by atoms with Crippen LogP contribution in [0.25, 0.3) is 0 Å². The van der Waals surface area contributed by atoms with E-state index in [0.29, 0.717) is 16.5 Å². The van der Waals surface area contributed by atoms with Gasteiger partial charge in [-0.15, -0.1) is 0 Å². The van der Waals surface area contributed by atoms with Gasteiger partial charge < -0.3 is 15.5 Å².